The van der Waals surface area contributed by atoms with E-state index < -0.39 is 0 Å². The van der Waals surface area contributed by atoms with Crippen molar-refractivity contribution in [2.24, 2.45) is 0 Å². The van der Waals surface area contributed by atoms with E-state index in [1.807, 2.05) is 23.9 Å². The molecule has 1 spiro atoms. The normalized spacial score (nSPS) is 30.7. The molecule has 0 saturated carbocycles. The minimum Gasteiger partial charge on any atom is -0.488 e. The molecule has 2 heterocycles. The van der Waals surface area contributed by atoms with Gasteiger partial charge in [-0.1, -0.05) is 11.6 Å². The molecule has 0 aliphatic carbocycles. The predicted molar refractivity (Wildman–Crippen MR) is 80.1 cm³/mol. The van der Waals surface area contributed by atoms with Crippen molar-refractivity contribution in [3.63, 3.8) is 0 Å². The average molecular weight is 300 g/mol. The quantitative estimate of drug-likeness (QED) is 0.851. The molecule has 2 atom stereocenters. The largest absolute Gasteiger partial charge is 0.488 e. The fourth-order valence-corrected chi connectivity index (χ4v) is 4.31. The van der Waals surface area contributed by atoms with E-state index in [0.717, 1.165) is 37.4 Å². The van der Waals surface area contributed by atoms with Gasteiger partial charge in [0, 0.05) is 23.6 Å². The molecular weight excluding hydrogens is 282 g/mol. The minimum absolute atomic E-state index is 0.0365. The van der Waals surface area contributed by atoms with Crippen LogP contribution in [0.1, 0.15) is 19.3 Å². The number of nitrogen functional groups attached to an aromatic ring is 1. The third kappa shape index (κ3) is 2.96. The molecule has 2 aliphatic rings. The van der Waals surface area contributed by atoms with Gasteiger partial charge in [0.2, 0.25) is 0 Å². The molecule has 3 rings (SSSR count). The highest BCUT2D eigenvalue weighted by Gasteiger charge is 2.41. The van der Waals surface area contributed by atoms with E-state index in [2.05, 4.69) is 0 Å². The van der Waals surface area contributed by atoms with Crippen molar-refractivity contribution in [1.82, 2.24) is 0 Å². The fraction of sp³-hybridized carbons (Fsp3) is 0.571. The maximum Gasteiger partial charge on any atom is 0.142 e. The number of benzene rings is 1. The maximum absolute atomic E-state index is 6.05. The Morgan fingerprint density at radius 1 is 1.47 bits per heavy atom. The first-order chi connectivity index (χ1) is 9.17. The highest BCUT2D eigenvalue weighted by atomic mass is 35.5. The van der Waals surface area contributed by atoms with Crippen molar-refractivity contribution >= 4 is 29.1 Å². The van der Waals surface area contributed by atoms with E-state index in [0.29, 0.717) is 10.7 Å². The Morgan fingerprint density at radius 2 is 2.37 bits per heavy atom. The highest BCUT2D eigenvalue weighted by molar-refractivity contribution is 7.99. The molecule has 0 amide bonds. The summed E-state index contributed by atoms with van der Waals surface area (Å²) in [6, 6.07) is 5.40. The van der Waals surface area contributed by atoms with Crippen molar-refractivity contribution in [3.8, 4) is 5.75 Å². The van der Waals surface area contributed by atoms with Gasteiger partial charge in [-0.05, 0) is 30.4 Å². The topological polar surface area (TPSA) is 44.5 Å². The van der Waals surface area contributed by atoms with Crippen molar-refractivity contribution in [2.45, 2.75) is 31.0 Å². The smallest absolute Gasteiger partial charge is 0.142 e. The lowest BCUT2D eigenvalue weighted by Crippen LogP contribution is -2.43. The number of halogens is 1. The van der Waals surface area contributed by atoms with Gasteiger partial charge in [-0.2, -0.15) is 11.8 Å². The van der Waals surface area contributed by atoms with Crippen LogP contribution >= 0.6 is 23.4 Å². The molecule has 2 saturated heterocycles. The van der Waals surface area contributed by atoms with E-state index in [-0.39, 0.29) is 11.7 Å². The van der Waals surface area contributed by atoms with Gasteiger partial charge in [0.05, 0.1) is 17.9 Å². The Balaban J connectivity index is 1.69. The van der Waals surface area contributed by atoms with E-state index in [1.165, 1.54) is 5.75 Å². The fourth-order valence-electron chi connectivity index (χ4n) is 2.75. The second kappa shape index (κ2) is 5.43. The number of rotatable bonds is 2. The summed E-state index contributed by atoms with van der Waals surface area (Å²) in [4.78, 5) is 0. The third-order valence-corrected chi connectivity index (χ3v) is 5.24. The van der Waals surface area contributed by atoms with Crippen LogP contribution in [0.15, 0.2) is 18.2 Å². The third-order valence-electron chi connectivity index (χ3n) is 3.78. The van der Waals surface area contributed by atoms with Crippen LogP contribution in [0, 0.1) is 0 Å². The molecule has 2 unspecified atom stereocenters. The van der Waals surface area contributed by atoms with E-state index in [4.69, 9.17) is 26.8 Å². The Hall–Kier alpha value is -0.580. The number of ether oxygens (including phenoxy) is 2. The maximum atomic E-state index is 6.05. The lowest BCUT2D eigenvalue weighted by Gasteiger charge is -2.37. The first-order valence-electron chi connectivity index (χ1n) is 6.60. The SMILES string of the molecule is Nc1cc(Cl)ccc1OC1CCOC2(CCSC2)C1. The van der Waals surface area contributed by atoms with Crippen LogP contribution in [-0.2, 0) is 4.74 Å². The van der Waals surface area contributed by atoms with Crippen LogP contribution < -0.4 is 10.5 Å². The standard InChI is InChI=1S/C14H18ClNO2S/c15-10-1-2-13(12(16)7-10)18-11-3-5-17-14(8-11)4-6-19-9-14/h1-2,7,11H,3-6,8-9,16H2. The van der Waals surface area contributed by atoms with Crippen LogP contribution in [0.5, 0.6) is 5.75 Å². The zero-order chi connectivity index (χ0) is 13.3. The van der Waals surface area contributed by atoms with Crippen LogP contribution in [0.3, 0.4) is 0 Å². The van der Waals surface area contributed by atoms with E-state index >= 15 is 0 Å². The summed E-state index contributed by atoms with van der Waals surface area (Å²) in [6.07, 6.45) is 3.21. The number of thioether (sulfide) groups is 1. The molecule has 2 N–H and O–H groups in total. The molecule has 2 fully saturated rings. The average Bonchev–Trinajstić information content (AvgIpc) is 2.81. The van der Waals surface area contributed by atoms with Gasteiger partial charge in [0.15, 0.2) is 0 Å². The first-order valence-corrected chi connectivity index (χ1v) is 8.14. The predicted octanol–water partition coefficient (Wildman–Crippen LogP) is 3.36. The van der Waals surface area contributed by atoms with Gasteiger partial charge in [-0.3, -0.25) is 0 Å². The molecule has 1 aromatic carbocycles. The summed E-state index contributed by atoms with van der Waals surface area (Å²) in [5, 5.41) is 0.639. The number of hydrogen-bond donors (Lipinski definition) is 1. The summed E-state index contributed by atoms with van der Waals surface area (Å²) in [7, 11) is 0. The lowest BCUT2D eigenvalue weighted by molar-refractivity contribution is -0.0957. The molecule has 0 radical (unpaired) electrons. The zero-order valence-electron chi connectivity index (χ0n) is 10.7. The van der Waals surface area contributed by atoms with Gasteiger partial charge in [-0.25, -0.2) is 0 Å². The number of nitrogens with two attached hydrogens (primary N) is 1. The molecule has 1 aromatic rings. The van der Waals surface area contributed by atoms with Gasteiger partial charge in [-0.15, -0.1) is 0 Å². The monoisotopic (exact) mass is 299 g/mol. The van der Waals surface area contributed by atoms with Gasteiger partial charge < -0.3 is 15.2 Å². The first kappa shape index (κ1) is 13.4. The summed E-state index contributed by atoms with van der Waals surface area (Å²) < 4.78 is 12.0. The van der Waals surface area contributed by atoms with Crippen molar-refractivity contribution in [3.05, 3.63) is 23.2 Å². The summed E-state index contributed by atoms with van der Waals surface area (Å²) >= 11 is 7.87. The Bertz CT molecular complexity index is 463. The number of hydrogen-bond acceptors (Lipinski definition) is 4. The van der Waals surface area contributed by atoms with Crippen LogP contribution in [0.4, 0.5) is 5.69 Å². The molecule has 0 aromatic heterocycles. The Morgan fingerprint density at radius 3 is 3.11 bits per heavy atom. The minimum atomic E-state index is 0.0365. The second-order valence-electron chi connectivity index (χ2n) is 5.25. The molecule has 5 heteroatoms. The van der Waals surface area contributed by atoms with E-state index in [1.54, 1.807) is 6.07 Å². The van der Waals surface area contributed by atoms with Crippen molar-refractivity contribution in [1.29, 1.82) is 0 Å². The highest BCUT2D eigenvalue weighted by Crippen LogP contribution is 2.39. The van der Waals surface area contributed by atoms with E-state index in [9.17, 15) is 0 Å². The summed E-state index contributed by atoms with van der Waals surface area (Å²) in [5.41, 5.74) is 6.58. The lowest BCUT2D eigenvalue weighted by atomic mass is 9.91. The van der Waals surface area contributed by atoms with Crippen LogP contribution in [0.2, 0.25) is 5.02 Å². The molecule has 3 nitrogen and oxygen atoms in total. The van der Waals surface area contributed by atoms with Crippen LogP contribution in [-0.4, -0.2) is 29.8 Å². The molecule has 2 aliphatic heterocycles. The van der Waals surface area contributed by atoms with Gasteiger partial charge in [0.25, 0.3) is 0 Å². The Labute approximate surface area is 122 Å². The molecular formula is C14H18ClNO2S. The number of anilines is 1. The summed E-state index contributed by atoms with van der Waals surface area (Å²) in [5.74, 6) is 3.01. The van der Waals surface area contributed by atoms with Gasteiger partial charge >= 0.3 is 0 Å². The molecule has 104 valence electrons. The zero-order valence-corrected chi connectivity index (χ0v) is 12.3. The van der Waals surface area contributed by atoms with Crippen molar-refractivity contribution in [2.75, 3.05) is 23.8 Å². The van der Waals surface area contributed by atoms with Gasteiger partial charge in [0.1, 0.15) is 11.9 Å². The second-order valence-corrected chi connectivity index (χ2v) is 6.79. The van der Waals surface area contributed by atoms with Crippen molar-refractivity contribution < 1.29 is 9.47 Å². The summed E-state index contributed by atoms with van der Waals surface area (Å²) in [6.45, 7) is 0.777. The molecule has 0 bridgehead atoms. The molecule has 19 heavy (non-hydrogen) atoms. The Kier molecular flexibility index (Phi) is 3.83. The van der Waals surface area contributed by atoms with Crippen LogP contribution in [0.25, 0.3) is 0 Å².